The highest BCUT2D eigenvalue weighted by Gasteiger charge is 2.06. The molecule has 0 aliphatic rings. The summed E-state index contributed by atoms with van der Waals surface area (Å²) in [5.74, 6) is -0.153. The van der Waals surface area contributed by atoms with Gasteiger partial charge in [-0.1, -0.05) is 29.4 Å². The Labute approximate surface area is 113 Å². The Bertz CT molecular complexity index is 578. The number of rotatable bonds is 4. The molecular weight excluding hydrogens is 264 g/mol. The zero-order valence-corrected chi connectivity index (χ0v) is 10.7. The molecule has 0 atom stereocenters. The van der Waals surface area contributed by atoms with Gasteiger partial charge in [-0.25, -0.2) is 4.98 Å². The first-order chi connectivity index (χ1) is 9.20. The molecule has 0 radical (unpaired) electrons. The van der Waals surface area contributed by atoms with Gasteiger partial charge in [0, 0.05) is 17.5 Å². The Balaban J connectivity index is 1.95. The summed E-state index contributed by atoms with van der Waals surface area (Å²) in [6, 6.07) is 7.04. The van der Waals surface area contributed by atoms with E-state index in [-0.39, 0.29) is 11.7 Å². The van der Waals surface area contributed by atoms with Gasteiger partial charge in [0.05, 0.1) is 5.51 Å². The van der Waals surface area contributed by atoms with Crippen molar-refractivity contribution in [1.29, 1.82) is 0 Å². The zero-order valence-electron chi connectivity index (χ0n) is 9.91. The molecule has 0 aliphatic heterocycles. The van der Waals surface area contributed by atoms with Gasteiger partial charge < -0.3 is 16.3 Å². The van der Waals surface area contributed by atoms with Crippen LogP contribution in [-0.4, -0.2) is 21.9 Å². The van der Waals surface area contributed by atoms with Gasteiger partial charge in [-0.05, 0) is 5.56 Å². The molecule has 0 bridgehead atoms. The molecule has 1 aromatic heterocycles. The number of nitrogens with zero attached hydrogens (tertiary/aromatic N) is 2. The molecule has 19 heavy (non-hydrogen) atoms. The highest BCUT2D eigenvalue weighted by atomic mass is 32.1. The van der Waals surface area contributed by atoms with E-state index in [1.807, 2.05) is 0 Å². The van der Waals surface area contributed by atoms with Crippen LogP contribution >= 0.6 is 11.3 Å². The number of oxime groups is 1. The molecule has 2 rings (SSSR count). The first kappa shape index (κ1) is 13.0. The normalized spacial score (nSPS) is 11.3. The van der Waals surface area contributed by atoms with E-state index in [0.29, 0.717) is 17.8 Å². The third-order valence-electron chi connectivity index (χ3n) is 2.48. The van der Waals surface area contributed by atoms with Crippen molar-refractivity contribution in [2.24, 2.45) is 10.9 Å². The summed E-state index contributed by atoms with van der Waals surface area (Å²) >= 11 is 1.37. The van der Waals surface area contributed by atoms with E-state index in [2.05, 4.69) is 15.5 Å². The zero-order chi connectivity index (χ0) is 13.7. The number of thiazole rings is 1. The van der Waals surface area contributed by atoms with Crippen LogP contribution < -0.4 is 11.1 Å². The molecule has 6 nitrogen and oxygen atoms in total. The number of hydrogen-bond donors (Lipinski definition) is 3. The third-order valence-corrected chi connectivity index (χ3v) is 3.06. The first-order valence-electron chi connectivity index (χ1n) is 5.44. The molecule has 0 fully saturated rings. The number of carbonyl (C=O) groups is 1. The first-order valence-corrected chi connectivity index (χ1v) is 6.38. The van der Waals surface area contributed by atoms with Crippen LogP contribution in [0.1, 0.15) is 21.6 Å². The van der Waals surface area contributed by atoms with E-state index in [9.17, 15) is 4.79 Å². The highest BCUT2D eigenvalue weighted by molar-refractivity contribution is 7.07. The number of aromatic nitrogens is 1. The second-order valence-corrected chi connectivity index (χ2v) is 4.46. The monoisotopic (exact) mass is 276 g/mol. The van der Waals surface area contributed by atoms with Crippen molar-refractivity contribution in [3.8, 4) is 0 Å². The lowest BCUT2D eigenvalue weighted by molar-refractivity contribution is 0.0946. The van der Waals surface area contributed by atoms with E-state index < -0.39 is 0 Å². The van der Waals surface area contributed by atoms with Crippen molar-refractivity contribution >= 4 is 23.1 Å². The summed E-state index contributed by atoms with van der Waals surface area (Å²) < 4.78 is 0. The lowest BCUT2D eigenvalue weighted by Gasteiger charge is -2.04. The summed E-state index contributed by atoms with van der Waals surface area (Å²) in [6.45, 7) is 0.396. The smallest absolute Gasteiger partial charge is 0.271 e. The van der Waals surface area contributed by atoms with Crippen molar-refractivity contribution in [3.05, 3.63) is 52.0 Å². The van der Waals surface area contributed by atoms with Gasteiger partial charge in [0.2, 0.25) is 0 Å². The molecule has 4 N–H and O–H groups in total. The van der Waals surface area contributed by atoms with Gasteiger partial charge in [0.15, 0.2) is 5.84 Å². The van der Waals surface area contributed by atoms with Gasteiger partial charge in [0.1, 0.15) is 5.69 Å². The topological polar surface area (TPSA) is 101 Å². The summed E-state index contributed by atoms with van der Waals surface area (Å²) in [6.07, 6.45) is 0. The number of carbonyl (C=O) groups excluding carboxylic acids is 1. The van der Waals surface area contributed by atoms with Crippen molar-refractivity contribution in [2.45, 2.75) is 6.54 Å². The molecule has 1 aromatic carbocycles. The molecule has 0 unspecified atom stereocenters. The van der Waals surface area contributed by atoms with Gasteiger partial charge in [0.25, 0.3) is 5.91 Å². The maximum absolute atomic E-state index is 11.7. The van der Waals surface area contributed by atoms with Crippen molar-refractivity contribution in [2.75, 3.05) is 0 Å². The number of hydrogen-bond acceptors (Lipinski definition) is 5. The summed E-state index contributed by atoms with van der Waals surface area (Å²) in [4.78, 5) is 15.6. The summed E-state index contributed by atoms with van der Waals surface area (Å²) in [5.41, 5.74) is 9.02. The molecule has 1 amide bonds. The van der Waals surface area contributed by atoms with E-state index in [1.54, 1.807) is 35.2 Å². The van der Waals surface area contributed by atoms with Crippen LogP contribution in [0.2, 0.25) is 0 Å². The number of amidine groups is 1. The Morgan fingerprint density at radius 3 is 2.74 bits per heavy atom. The van der Waals surface area contributed by atoms with Crippen LogP contribution in [0, 0.1) is 0 Å². The second kappa shape index (κ2) is 5.96. The second-order valence-electron chi connectivity index (χ2n) is 3.74. The lowest BCUT2D eigenvalue weighted by atomic mass is 10.1. The molecular formula is C12H12N4O2S. The predicted octanol–water partition coefficient (Wildman–Crippen LogP) is 1.17. The average molecular weight is 276 g/mol. The Morgan fingerprint density at radius 1 is 1.42 bits per heavy atom. The molecule has 7 heteroatoms. The van der Waals surface area contributed by atoms with E-state index in [0.717, 1.165) is 5.56 Å². The minimum Gasteiger partial charge on any atom is -0.409 e. The Hall–Kier alpha value is -2.41. The van der Waals surface area contributed by atoms with Crippen LogP contribution in [0.15, 0.2) is 40.3 Å². The molecule has 1 heterocycles. The Kier molecular flexibility index (Phi) is 4.09. The number of amides is 1. The molecule has 0 saturated carbocycles. The minimum absolute atomic E-state index is 0.0538. The van der Waals surface area contributed by atoms with Crippen LogP contribution in [0.3, 0.4) is 0 Å². The van der Waals surface area contributed by atoms with Crippen LogP contribution in [0.25, 0.3) is 0 Å². The van der Waals surface area contributed by atoms with Crippen LogP contribution in [0.5, 0.6) is 0 Å². The van der Waals surface area contributed by atoms with Crippen LogP contribution in [-0.2, 0) is 6.54 Å². The summed E-state index contributed by atoms with van der Waals surface area (Å²) in [7, 11) is 0. The predicted molar refractivity (Wildman–Crippen MR) is 72.2 cm³/mol. The fraction of sp³-hybridized carbons (Fsp3) is 0.0833. The Morgan fingerprint density at radius 2 is 2.16 bits per heavy atom. The van der Waals surface area contributed by atoms with Gasteiger partial charge in [-0.2, -0.15) is 0 Å². The standard InChI is InChI=1S/C12H12N4O2S/c13-11(16-18)9-3-1-8(2-4-9)5-14-12(17)10-6-19-7-15-10/h1-4,6-7,18H,5H2,(H2,13,16)(H,14,17). The molecule has 0 aliphatic carbocycles. The lowest BCUT2D eigenvalue weighted by Crippen LogP contribution is -2.23. The number of nitrogens with two attached hydrogens (primary N) is 1. The quantitative estimate of drug-likeness (QED) is 0.338. The molecule has 98 valence electrons. The number of benzene rings is 1. The fourth-order valence-corrected chi connectivity index (χ4v) is 1.98. The largest absolute Gasteiger partial charge is 0.409 e. The van der Waals surface area contributed by atoms with Gasteiger partial charge in [-0.3, -0.25) is 4.79 Å². The summed E-state index contributed by atoms with van der Waals surface area (Å²) in [5, 5.41) is 15.9. The van der Waals surface area contributed by atoms with Crippen LogP contribution in [0.4, 0.5) is 0 Å². The van der Waals surface area contributed by atoms with Gasteiger partial charge in [-0.15, -0.1) is 11.3 Å². The van der Waals surface area contributed by atoms with Crippen molar-refractivity contribution in [1.82, 2.24) is 10.3 Å². The fourth-order valence-electron chi connectivity index (χ4n) is 1.45. The van der Waals surface area contributed by atoms with Crippen molar-refractivity contribution in [3.63, 3.8) is 0 Å². The van der Waals surface area contributed by atoms with E-state index in [4.69, 9.17) is 10.9 Å². The van der Waals surface area contributed by atoms with E-state index >= 15 is 0 Å². The minimum atomic E-state index is -0.207. The van der Waals surface area contributed by atoms with Gasteiger partial charge >= 0.3 is 0 Å². The molecule has 0 spiro atoms. The average Bonchev–Trinajstić information content (AvgIpc) is 2.98. The number of nitrogens with one attached hydrogen (secondary N) is 1. The molecule has 0 saturated heterocycles. The maximum Gasteiger partial charge on any atom is 0.271 e. The van der Waals surface area contributed by atoms with Crippen molar-refractivity contribution < 1.29 is 10.0 Å². The molecule has 2 aromatic rings. The maximum atomic E-state index is 11.7. The van der Waals surface area contributed by atoms with E-state index in [1.165, 1.54) is 11.3 Å². The highest BCUT2D eigenvalue weighted by Crippen LogP contribution is 2.05. The third kappa shape index (κ3) is 3.29. The SMILES string of the molecule is NC(=NO)c1ccc(CNC(=O)c2cscn2)cc1.